The van der Waals surface area contributed by atoms with Crippen LogP contribution in [0.1, 0.15) is 42.6 Å². The number of hydrogen-bond acceptors (Lipinski definition) is 7. The second-order valence-corrected chi connectivity index (χ2v) is 9.10. The number of rotatable bonds is 5. The van der Waals surface area contributed by atoms with Gasteiger partial charge in [-0.1, -0.05) is 18.2 Å². The molecule has 2 aliphatic heterocycles. The number of aryl methyl sites for hydroxylation is 1. The fraction of sp³-hybridized carbons (Fsp3) is 0.423. The molecule has 37 heavy (non-hydrogen) atoms. The van der Waals surface area contributed by atoms with Crippen LogP contribution in [0.3, 0.4) is 0 Å². The fourth-order valence-corrected chi connectivity index (χ4v) is 4.60. The zero-order chi connectivity index (χ0) is 26.1. The Hall–Kier alpha value is -3.60. The predicted molar refractivity (Wildman–Crippen MR) is 130 cm³/mol. The summed E-state index contributed by atoms with van der Waals surface area (Å²) in [5.41, 5.74) is 0.0529. The lowest BCUT2D eigenvalue weighted by Crippen LogP contribution is -2.47. The fourth-order valence-electron chi connectivity index (χ4n) is 4.60. The summed E-state index contributed by atoms with van der Waals surface area (Å²) in [6.45, 7) is 5.71. The van der Waals surface area contributed by atoms with E-state index in [-0.39, 0.29) is 18.1 Å². The number of anilines is 1. The van der Waals surface area contributed by atoms with Crippen molar-refractivity contribution in [3.05, 3.63) is 53.0 Å². The first kappa shape index (κ1) is 25.1. The molecule has 1 fully saturated rings. The quantitative estimate of drug-likeness (QED) is 0.532. The van der Waals surface area contributed by atoms with E-state index in [4.69, 9.17) is 14.2 Å². The van der Waals surface area contributed by atoms with Gasteiger partial charge in [0.15, 0.2) is 17.3 Å². The van der Waals surface area contributed by atoms with Crippen molar-refractivity contribution >= 4 is 22.5 Å². The summed E-state index contributed by atoms with van der Waals surface area (Å²) in [6.07, 6.45) is -2.93. The van der Waals surface area contributed by atoms with Crippen molar-refractivity contribution in [2.24, 2.45) is 0 Å². The number of hydrogen-bond donors (Lipinski definition) is 1. The Kier molecular flexibility index (Phi) is 7.05. The summed E-state index contributed by atoms with van der Waals surface area (Å²) in [5, 5.41) is 12.8. The standard InChI is InChI=1S/C26H27F3N4O4/c1-14(16-5-3-6-17(23(16)27)24(28)29)30-25-19-12-20-21(11-18(19)15(2)31-32-25)37-22(13-36-20)26(34)33-7-4-9-35-10-8-33/h3,5-6,11-12,14,22,24H,4,7-10,13H2,1-2H3,(H,30,32). The molecule has 2 aliphatic rings. The van der Waals surface area contributed by atoms with Crippen LogP contribution >= 0.6 is 0 Å². The molecule has 1 saturated heterocycles. The van der Waals surface area contributed by atoms with Crippen molar-refractivity contribution in [2.75, 3.05) is 38.2 Å². The smallest absolute Gasteiger partial charge is 0.267 e. The lowest BCUT2D eigenvalue weighted by molar-refractivity contribution is -0.141. The molecule has 3 aromatic rings. The molecule has 3 heterocycles. The zero-order valence-electron chi connectivity index (χ0n) is 20.5. The third-order valence-corrected chi connectivity index (χ3v) is 6.61. The van der Waals surface area contributed by atoms with Crippen LogP contribution in [-0.2, 0) is 9.53 Å². The van der Waals surface area contributed by atoms with E-state index in [1.54, 1.807) is 30.9 Å². The number of ether oxygens (including phenoxy) is 3. The Labute approximate surface area is 211 Å². The average Bonchev–Trinajstić information content (AvgIpc) is 3.18. The van der Waals surface area contributed by atoms with E-state index in [1.807, 2.05) is 0 Å². The number of nitrogens with one attached hydrogen (secondary N) is 1. The van der Waals surface area contributed by atoms with E-state index in [1.165, 1.54) is 12.1 Å². The van der Waals surface area contributed by atoms with Gasteiger partial charge in [0.1, 0.15) is 12.4 Å². The number of halogens is 3. The molecular formula is C26H27F3N4O4. The van der Waals surface area contributed by atoms with Gasteiger partial charge in [0.2, 0.25) is 6.10 Å². The van der Waals surface area contributed by atoms with Gasteiger partial charge in [0, 0.05) is 36.0 Å². The Morgan fingerprint density at radius 2 is 1.89 bits per heavy atom. The van der Waals surface area contributed by atoms with Crippen LogP contribution in [0.4, 0.5) is 19.0 Å². The molecule has 1 N–H and O–H groups in total. The van der Waals surface area contributed by atoms with E-state index in [0.717, 1.165) is 12.5 Å². The van der Waals surface area contributed by atoms with Gasteiger partial charge < -0.3 is 24.4 Å². The Bertz CT molecular complexity index is 1310. The minimum absolute atomic E-state index is 0.0526. The lowest BCUT2D eigenvalue weighted by atomic mass is 10.0. The first-order chi connectivity index (χ1) is 17.8. The van der Waals surface area contributed by atoms with Crippen LogP contribution in [0.5, 0.6) is 11.5 Å². The van der Waals surface area contributed by atoms with E-state index >= 15 is 0 Å². The molecule has 0 aliphatic carbocycles. The maximum Gasteiger partial charge on any atom is 0.267 e. The molecule has 0 bridgehead atoms. The lowest BCUT2D eigenvalue weighted by Gasteiger charge is -2.30. The summed E-state index contributed by atoms with van der Waals surface area (Å²) in [4.78, 5) is 14.7. The van der Waals surface area contributed by atoms with Gasteiger partial charge in [0.05, 0.1) is 23.9 Å². The number of benzene rings is 2. The summed E-state index contributed by atoms with van der Waals surface area (Å²) in [5.74, 6) is 0.0792. The normalized spacial score (nSPS) is 18.5. The van der Waals surface area contributed by atoms with Gasteiger partial charge in [-0.15, -0.1) is 5.10 Å². The number of aromatic nitrogens is 2. The molecule has 2 aromatic carbocycles. The highest BCUT2D eigenvalue weighted by molar-refractivity contribution is 5.96. The summed E-state index contributed by atoms with van der Waals surface area (Å²) in [7, 11) is 0. The predicted octanol–water partition coefficient (Wildman–Crippen LogP) is 4.58. The molecule has 5 rings (SSSR count). The number of carbonyl (C=O) groups is 1. The van der Waals surface area contributed by atoms with Crippen molar-refractivity contribution in [3.8, 4) is 11.5 Å². The second kappa shape index (κ2) is 10.4. The van der Waals surface area contributed by atoms with Crippen LogP contribution in [0, 0.1) is 12.7 Å². The van der Waals surface area contributed by atoms with Crippen LogP contribution < -0.4 is 14.8 Å². The maximum atomic E-state index is 14.7. The van der Waals surface area contributed by atoms with Gasteiger partial charge in [-0.25, -0.2) is 13.2 Å². The molecule has 196 valence electrons. The molecule has 0 saturated carbocycles. The molecule has 2 atom stereocenters. The van der Waals surface area contributed by atoms with Crippen LogP contribution in [0.2, 0.25) is 0 Å². The summed E-state index contributed by atoms with van der Waals surface area (Å²) in [6, 6.07) is 6.72. The Morgan fingerprint density at radius 3 is 2.70 bits per heavy atom. The highest BCUT2D eigenvalue weighted by atomic mass is 19.3. The molecule has 1 amide bonds. The highest BCUT2D eigenvalue weighted by Gasteiger charge is 2.32. The number of nitrogens with zero attached hydrogens (tertiary/aromatic N) is 3. The van der Waals surface area contributed by atoms with Crippen molar-refractivity contribution in [2.45, 2.75) is 38.8 Å². The maximum absolute atomic E-state index is 14.7. The summed E-state index contributed by atoms with van der Waals surface area (Å²) < 4.78 is 58.4. The largest absolute Gasteiger partial charge is 0.485 e. The van der Waals surface area contributed by atoms with Crippen molar-refractivity contribution in [1.29, 1.82) is 0 Å². The van der Waals surface area contributed by atoms with E-state index < -0.39 is 30.0 Å². The SMILES string of the molecule is Cc1nnc(NC(C)c2cccc(C(F)F)c2F)c2cc3c(cc12)OC(C(=O)N1CCCOCC1)CO3. The van der Waals surface area contributed by atoms with E-state index in [0.29, 0.717) is 60.1 Å². The molecule has 0 spiro atoms. The monoisotopic (exact) mass is 516 g/mol. The van der Waals surface area contributed by atoms with Crippen LogP contribution in [0.25, 0.3) is 10.8 Å². The third-order valence-electron chi connectivity index (χ3n) is 6.61. The second-order valence-electron chi connectivity index (χ2n) is 9.10. The van der Waals surface area contributed by atoms with Gasteiger partial charge in [-0.2, -0.15) is 5.10 Å². The minimum atomic E-state index is -2.92. The molecule has 8 nitrogen and oxygen atoms in total. The van der Waals surface area contributed by atoms with Crippen molar-refractivity contribution in [1.82, 2.24) is 15.1 Å². The van der Waals surface area contributed by atoms with Crippen molar-refractivity contribution in [3.63, 3.8) is 0 Å². The first-order valence-corrected chi connectivity index (χ1v) is 12.1. The molecule has 11 heteroatoms. The average molecular weight is 517 g/mol. The topological polar surface area (TPSA) is 85.8 Å². The van der Waals surface area contributed by atoms with Crippen LogP contribution in [0.15, 0.2) is 30.3 Å². The van der Waals surface area contributed by atoms with Gasteiger partial charge in [-0.3, -0.25) is 4.79 Å². The number of alkyl halides is 2. The van der Waals surface area contributed by atoms with Gasteiger partial charge >= 0.3 is 0 Å². The van der Waals surface area contributed by atoms with Crippen molar-refractivity contribution < 1.29 is 32.2 Å². The highest BCUT2D eigenvalue weighted by Crippen LogP contribution is 2.39. The van der Waals surface area contributed by atoms with E-state index in [2.05, 4.69) is 15.5 Å². The Morgan fingerprint density at radius 1 is 1.11 bits per heavy atom. The van der Waals surface area contributed by atoms with Gasteiger partial charge in [0.25, 0.3) is 12.3 Å². The molecular weight excluding hydrogens is 489 g/mol. The Balaban J connectivity index is 1.41. The summed E-state index contributed by atoms with van der Waals surface area (Å²) >= 11 is 0. The molecule has 2 unspecified atom stereocenters. The molecule has 1 aromatic heterocycles. The minimum Gasteiger partial charge on any atom is -0.485 e. The first-order valence-electron chi connectivity index (χ1n) is 12.1. The van der Waals surface area contributed by atoms with Gasteiger partial charge in [-0.05, 0) is 32.4 Å². The number of amides is 1. The third kappa shape index (κ3) is 5.00. The number of carbonyl (C=O) groups excluding carboxylic acids is 1. The van der Waals surface area contributed by atoms with E-state index in [9.17, 15) is 18.0 Å². The van der Waals surface area contributed by atoms with Crippen LogP contribution in [-0.4, -0.2) is 60.0 Å². The number of fused-ring (bicyclic) bond motifs is 2. The zero-order valence-corrected chi connectivity index (χ0v) is 20.5. The molecule has 0 radical (unpaired) electrons.